The highest BCUT2D eigenvalue weighted by Crippen LogP contribution is 2.36. The minimum absolute atomic E-state index is 0.853. The van der Waals surface area contributed by atoms with Crippen molar-refractivity contribution in [1.29, 1.82) is 0 Å². The lowest BCUT2D eigenvalue weighted by atomic mass is 10.0. The van der Waals surface area contributed by atoms with Crippen LogP contribution in [0.5, 0.6) is 0 Å². The summed E-state index contributed by atoms with van der Waals surface area (Å²) < 4.78 is 9.16. The van der Waals surface area contributed by atoms with Crippen molar-refractivity contribution in [2.45, 2.75) is 0 Å². The van der Waals surface area contributed by atoms with E-state index in [1.54, 1.807) is 0 Å². The zero-order chi connectivity index (χ0) is 23.5. The third-order valence-electron chi connectivity index (χ3n) is 5.88. The molecule has 0 amide bonds. The van der Waals surface area contributed by atoms with E-state index < -0.39 is 0 Å². The van der Waals surface area contributed by atoms with Crippen molar-refractivity contribution >= 4 is 39.8 Å². The molecule has 0 aliphatic heterocycles. The molecule has 1 heterocycles. The predicted molar refractivity (Wildman–Crippen MR) is 145 cm³/mol. The molecule has 1 aromatic heterocycles. The molecule has 0 saturated heterocycles. The number of rotatable bonds is 4. The van der Waals surface area contributed by atoms with Crippen LogP contribution < -0.4 is 4.90 Å². The molecule has 6 rings (SSSR count). The molecule has 0 N–H and O–H groups in total. The van der Waals surface area contributed by atoms with Crippen LogP contribution in [0.15, 0.2) is 97.1 Å². The van der Waals surface area contributed by atoms with E-state index in [0.29, 0.717) is 0 Å². The van der Waals surface area contributed by atoms with E-state index in [0.717, 1.165) is 50.7 Å². The van der Waals surface area contributed by atoms with Gasteiger partial charge in [0.25, 0.3) is 0 Å². The fourth-order valence-corrected chi connectivity index (χ4v) is 4.76. The van der Waals surface area contributed by atoms with Gasteiger partial charge in [0.15, 0.2) is 0 Å². The van der Waals surface area contributed by atoms with Crippen molar-refractivity contribution in [2.24, 2.45) is 0 Å². The van der Waals surface area contributed by atoms with Gasteiger partial charge in [-0.15, -0.1) is 0 Å². The second kappa shape index (κ2) is 9.74. The van der Waals surface area contributed by atoms with Crippen molar-refractivity contribution in [3.05, 3.63) is 134 Å². The van der Waals surface area contributed by atoms with Crippen LogP contribution in [0.4, 0.5) is 17.1 Å². The monoisotopic (exact) mass is 466 g/mol. The highest BCUT2D eigenvalue weighted by atomic mass is 32.1. The molecular weight excluding hydrogens is 446 g/mol. The maximum Gasteiger partial charge on any atom is 0.121 e. The molecule has 1 saturated carbocycles. The number of para-hydroxylation sites is 2. The van der Waals surface area contributed by atoms with Gasteiger partial charge in [-0.2, -0.15) is 8.75 Å². The van der Waals surface area contributed by atoms with Crippen molar-refractivity contribution in [1.82, 2.24) is 8.75 Å². The van der Waals surface area contributed by atoms with Gasteiger partial charge < -0.3 is 4.90 Å². The minimum Gasteiger partial charge on any atom is -0.311 e. The van der Waals surface area contributed by atoms with Crippen molar-refractivity contribution < 1.29 is 0 Å². The molecule has 4 aromatic carbocycles. The summed E-state index contributed by atoms with van der Waals surface area (Å²) >= 11 is 1.23. The number of nitrogens with zero attached hydrogens (tertiary/aromatic N) is 3. The quantitative estimate of drug-likeness (QED) is 0.256. The number of anilines is 3. The van der Waals surface area contributed by atoms with Crippen LogP contribution in [0.3, 0.4) is 0 Å². The molecule has 1 aliphatic rings. The molecule has 165 valence electrons. The first-order chi connectivity index (χ1) is 17.4. The molecular formula is C31H20N3S. The summed E-state index contributed by atoms with van der Waals surface area (Å²) in [6.07, 6.45) is 8.00. The van der Waals surface area contributed by atoms with Gasteiger partial charge in [-0.3, -0.25) is 0 Å². The van der Waals surface area contributed by atoms with Gasteiger partial charge in [-0.25, -0.2) is 0 Å². The molecule has 0 unspecified atom stereocenters. The Balaban J connectivity index is 1.35. The predicted octanol–water partition coefficient (Wildman–Crippen LogP) is 7.58. The first-order valence-electron chi connectivity index (χ1n) is 11.4. The lowest BCUT2D eigenvalue weighted by molar-refractivity contribution is 1.28. The van der Waals surface area contributed by atoms with Gasteiger partial charge in [0.2, 0.25) is 0 Å². The van der Waals surface area contributed by atoms with Crippen molar-refractivity contribution in [3.63, 3.8) is 0 Å². The van der Waals surface area contributed by atoms with Gasteiger partial charge in [-0.1, -0.05) is 66.4 Å². The number of hydrogen-bond donors (Lipinski definition) is 0. The normalized spacial score (nSPS) is 13.5. The summed E-state index contributed by atoms with van der Waals surface area (Å²) in [5.41, 5.74) is 8.13. The summed E-state index contributed by atoms with van der Waals surface area (Å²) in [4.78, 5) is 2.26. The molecule has 0 spiro atoms. The van der Waals surface area contributed by atoms with Gasteiger partial charge >= 0.3 is 0 Å². The molecule has 5 radical (unpaired) electrons. The zero-order valence-corrected chi connectivity index (χ0v) is 19.6. The maximum absolute atomic E-state index is 4.61. The van der Waals surface area contributed by atoms with E-state index in [-0.39, 0.29) is 0 Å². The van der Waals surface area contributed by atoms with E-state index in [4.69, 9.17) is 0 Å². The van der Waals surface area contributed by atoms with Crippen LogP contribution in [0.2, 0.25) is 0 Å². The Morgan fingerprint density at radius 3 is 1.83 bits per heavy atom. The second-order valence-corrected chi connectivity index (χ2v) is 8.63. The average molecular weight is 467 g/mol. The lowest BCUT2D eigenvalue weighted by Crippen LogP contribution is -2.09. The fourth-order valence-electron chi connectivity index (χ4n) is 4.19. The largest absolute Gasteiger partial charge is 0.311 e. The number of hydrogen-bond acceptors (Lipinski definition) is 4. The van der Waals surface area contributed by atoms with E-state index in [1.807, 2.05) is 43.9 Å². The van der Waals surface area contributed by atoms with Crippen LogP contribution in [0, 0.1) is 43.4 Å². The van der Waals surface area contributed by atoms with Crippen LogP contribution in [-0.2, 0) is 0 Å². The Kier molecular flexibility index (Phi) is 6.00. The first-order valence-corrected chi connectivity index (χ1v) is 12.1. The summed E-state index contributed by atoms with van der Waals surface area (Å²) in [6, 6.07) is 33.6. The maximum atomic E-state index is 4.61. The third kappa shape index (κ3) is 4.43. The summed E-state index contributed by atoms with van der Waals surface area (Å²) in [7, 11) is 0. The second-order valence-electron chi connectivity index (χ2n) is 8.10. The highest BCUT2D eigenvalue weighted by Gasteiger charge is 2.16. The van der Waals surface area contributed by atoms with Crippen molar-refractivity contribution in [3.8, 4) is 23.0 Å². The van der Waals surface area contributed by atoms with Crippen LogP contribution in [0.1, 0.15) is 5.56 Å². The van der Waals surface area contributed by atoms with Gasteiger partial charge in [-0.05, 0) is 73.7 Å². The SMILES string of the molecule is C(#Cc1ccc(-c2ccc(N(c3ccccc3)c3ccccc3)cc2)c2nsnc12)[C]1[CH][CH][CH][CH]1. The van der Waals surface area contributed by atoms with Crippen LogP contribution in [-0.4, -0.2) is 8.75 Å². The number of fused-ring (bicyclic) bond motifs is 1. The zero-order valence-electron chi connectivity index (χ0n) is 18.8. The molecule has 5 aromatic rings. The number of aromatic nitrogens is 2. The lowest BCUT2D eigenvalue weighted by Gasteiger charge is -2.25. The standard InChI is InChI=1S/C31H20N3S/c1-3-11-26(12-4-1)34(27-13-5-2-6-14-27)28-20-17-24(18-21-28)29-22-19-25(30-31(29)33-35-32-30)16-15-23-9-7-8-10-23/h1-14,17-22H. The smallest absolute Gasteiger partial charge is 0.121 e. The van der Waals surface area contributed by atoms with Gasteiger partial charge in [0.05, 0.1) is 23.2 Å². The Morgan fingerprint density at radius 2 is 1.17 bits per heavy atom. The molecule has 3 nitrogen and oxygen atoms in total. The van der Waals surface area contributed by atoms with E-state index in [1.165, 1.54) is 11.7 Å². The molecule has 1 aliphatic carbocycles. The third-order valence-corrected chi connectivity index (χ3v) is 6.41. The summed E-state index contributed by atoms with van der Waals surface area (Å²) in [5.74, 6) is 7.48. The summed E-state index contributed by atoms with van der Waals surface area (Å²) in [6.45, 7) is 0. The Hall–Kier alpha value is -3.94. The minimum atomic E-state index is 0.853. The summed E-state index contributed by atoms with van der Waals surface area (Å²) in [5, 5.41) is 0. The van der Waals surface area contributed by atoms with E-state index >= 15 is 0 Å². The Morgan fingerprint density at radius 1 is 0.571 bits per heavy atom. The fraction of sp³-hybridized carbons (Fsp3) is 0. The molecule has 0 atom stereocenters. The van der Waals surface area contributed by atoms with Crippen molar-refractivity contribution in [2.75, 3.05) is 4.90 Å². The van der Waals surface area contributed by atoms with Crippen LogP contribution >= 0.6 is 11.7 Å². The van der Waals surface area contributed by atoms with E-state index in [9.17, 15) is 0 Å². The van der Waals surface area contributed by atoms with E-state index in [2.05, 4.69) is 104 Å². The highest BCUT2D eigenvalue weighted by molar-refractivity contribution is 7.00. The van der Waals surface area contributed by atoms with Gasteiger partial charge in [0, 0.05) is 22.6 Å². The first kappa shape index (κ1) is 21.6. The molecule has 0 bridgehead atoms. The number of benzene rings is 4. The Bertz CT molecular complexity index is 1450. The van der Waals surface area contributed by atoms with Crippen LogP contribution in [0.25, 0.3) is 22.2 Å². The Labute approximate surface area is 210 Å². The average Bonchev–Trinajstić information content (AvgIpc) is 3.62. The molecule has 1 fully saturated rings. The molecule has 35 heavy (non-hydrogen) atoms. The molecule has 4 heteroatoms. The van der Waals surface area contributed by atoms with Gasteiger partial charge in [0.1, 0.15) is 11.0 Å². The topological polar surface area (TPSA) is 29.0 Å².